The number of alkyl halides is 6. The zero-order chi connectivity index (χ0) is 7.50. The second-order valence-electron chi connectivity index (χ2n) is 1.72. The van der Waals surface area contributed by atoms with Crippen molar-refractivity contribution in [1.82, 2.24) is 0 Å². The molecular formula is C3Br2Cl4. The van der Waals surface area contributed by atoms with Gasteiger partial charge in [0.2, 0.25) is 0 Å². The Balaban J connectivity index is 2.91. The van der Waals surface area contributed by atoms with Gasteiger partial charge in [0.1, 0.15) is 0 Å². The highest BCUT2D eigenvalue weighted by atomic mass is 79.9. The lowest BCUT2D eigenvalue weighted by Crippen LogP contribution is -1.95. The minimum absolute atomic E-state index is 0.961. The highest BCUT2D eigenvalue weighted by Gasteiger charge is 2.86. The molecule has 0 aromatic rings. The van der Waals surface area contributed by atoms with Crippen LogP contribution in [0.25, 0.3) is 0 Å². The average Bonchev–Trinajstić information content (AvgIpc) is 1.84. The molecule has 0 amide bonds. The van der Waals surface area contributed by atoms with Gasteiger partial charge < -0.3 is 0 Å². The number of hydrogen-bond donors (Lipinski definition) is 0. The van der Waals surface area contributed by atoms with E-state index in [2.05, 4.69) is 31.9 Å². The van der Waals surface area contributed by atoms with E-state index in [0.29, 0.717) is 0 Å². The van der Waals surface area contributed by atoms with Crippen molar-refractivity contribution in [2.75, 3.05) is 0 Å². The Kier molecular flexibility index (Phi) is 2.13. The van der Waals surface area contributed by atoms with Crippen LogP contribution in [0.15, 0.2) is 0 Å². The van der Waals surface area contributed by atoms with Crippen LogP contribution in [0.3, 0.4) is 0 Å². The topological polar surface area (TPSA) is 0 Å². The van der Waals surface area contributed by atoms with Crippen LogP contribution in [0.2, 0.25) is 0 Å². The van der Waals surface area contributed by atoms with Crippen LogP contribution < -0.4 is 0 Å². The smallest absolute Gasteiger partial charge is 0.100 e. The maximum Gasteiger partial charge on any atom is 0.181 e. The molecule has 0 heterocycles. The van der Waals surface area contributed by atoms with Gasteiger partial charge in [0.25, 0.3) is 0 Å². The minimum Gasteiger partial charge on any atom is -0.100 e. The second-order valence-corrected chi connectivity index (χ2v) is 7.48. The zero-order valence-corrected chi connectivity index (χ0v) is 9.96. The molecule has 1 fully saturated rings. The summed E-state index contributed by atoms with van der Waals surface area (Å²) >= 11 is 28.8. The molecule has 1 saturated carbocycles. The highest BCUT2D eigenvalue weighted by Crippen LogP contribution is 2.78. The normalized spacial score (nSPS) is 55.3. The quantitative estimate of drug-likeness (QED) is 0.589. The van der Waals surface area contributed by atoms with Crippen molar-refractivity contribution >= 4 is 78.3 Å². The van der Waals surface area contributed by atoms with Gasteiger partial charge >= 0.3 is 0 Å². The Morgan fingerprint density at radius 3 is 0.889 bits per heavy atom. The summed E-state index contributed by atoms with van der Waals surface area (Å²) < 4.78 is -3.07. The summed E-state index contributed by atoms with van der Waals surface area (Å²) in [5, 5.41) is 0. The summed E-state index contributed by atoms with van der Waals surface area (Å²) in [5.41, 5.74) is 0. The first-order valence-corrected chi connectivity index (χ1v) is 4.98. The maximum absolute atomic E-state index is 5.70. The van der Waals surface area contributed by atoms with E-state index >= 15 is 0 Å². The Morgan fingerprint density at radius 2 is 0.889 bits per heavy atom. The monoisotopic (exact) mass is 334 g/mol. The summed E-state index contributed by atoms with van der Waals surface area (Å²) in [6.45, 7) is 0. The Labute approximate surface area is 89.4 Å². The van der Waals surface area contributed by atoms with E-state index in [1.807, 2.05) is 0 Å². The van der Waals surface area contributed by atoms with E-state index in [4.69, 9.17) is 46.4 Å². The van der Waals surface area contributed by atoms with Gasteiger partial charge in [0.15, 0.2) is 11.9 Å². The molecule has 1 rings (SSSR count). The summed E-state index contributed by atoms with van der Waals surface area (Å²) in [5.74, 6) is 0. The molecule has 0 aliphatic heterocycles. The predicted octanol–water partition coefficient (Wildman–Crippen LogP) is 3.83. The lowest BCUT2D eigenvalue weighted by molar-refractivity contribution is 1.32. The lowest BCUT2D eigenvalue weighted by Gasteiger charge is -1.92. The molecule has 1 aliphatic rings. The first-order chi connectivity index (χ1) is 3.75. The van der Waals surface area contributed by atoms with Gasteiger partial charge in [-0.3, -0.25) is 0 Å². The van der Waals surface area contributed by atoms with Crippen molar-refractivity contribution in [3.63, 3.8) is 0 Å². The van der Waals surface area contributed by atoms with Crippen molar-refractivity contribution in [1.29, 1.82) is 0 Å². The van der Waals surface area contributed by atoms with Gasteiger partial charge in [0.05, 0.1) is 0 Å². The van der Waals surface area contributed by atoms with Crippen LogP contribution in [0.1, 0.15) is 0 Å². The number of rotatable bonds is 0. The van der Waals surface area contributed by atoms with E-state index in [1.165, 1.54) is 0 Å². The Bertz CT molecular complexity index is 111. The second kappa shape index (κ2) is 2.08. The molecule has 0 spiro atoms. The molecule has 0 radical (unpaired) electrons. The molecule has 9 heavy (non-hydrogen) atoms. The standard InChI is InChI=1S/C3Br2Cl4/c4-1(6)2(5,7)3(1,8)9/t1-,2-/m1/s1. The summed E-state index contributed by atoms with van der Waals surface area (Å²) in [7, 11) is 0. The van der Waals surface area contributed by atoms with Crippen LogP contribution >= 0.6 is 78.3 Å². The largest absolute Gasteiger partial charge is 0.181 e. The van der Waals surface area contributed by atoms with E-state index in [0.717, 1.165) is 0 Å². The third-order valence-corrected chi connectivity index (χ3v) is 8.15. The predicted molar refractivity (Wildman–Crippen MR) is 49.5 cm³/mol. The van der Waals surface area contributed by atoms with Crippen molar-refractivity contribution in [2.45, 2.75) is 11.9 Å². The molecule has 2 atom stereocenters. The fourth-order valence-electron chi connectivity index (χ4n) is 0.356. The third-order valence-electron chi connectivity index (χ3n) is 1.12. The molecule has 6 heteroatoms. The van der Waals surface area contributed by atoms with Gasteiger partial charge in [-0.1, -0.05) is 55.1 Å². The van der Waals surface area contributed by atoms with Crippen molar-refractivity contribution < 1.29 is 0 Å². The van der Waals surface area contributed by atoms with Gasteiger partial charge in [0, 0.05) is 0 Å². The summed E-state index contributed by atoms with van der Waals surface area (Å²) in [6.07, 6.45) is 0. The van der Waals surface area contributed by atoms with Crippen LogP contribution in [0.4, 0.5) is 0 Å². The van der Waals surface area contributed by atoms with Crippen molar-refractivity contribution in [3.05, 3.63) is 0 Å². The number of halogens is 6. The molecule has 0 unspecified atom stereocenters. The van der Waals surface area contributed by atoms with Crippen LogP contribution in [0, 0.1) is 0 Å². The van der Waals surface area contributed by atoms with Crippen molar-refractivity contribution in [2.24, 2.45) is 0 Å². The maximum atomic E-state index is 5.70. The van der Waals surface area contributed by atoms with E-state index < -0.39 is 11.9 Å². The molecule has 54 valence electrons. The van der Waals surface area contributed by atoms with E-state index in [-0.39, 0.29) is 0 Å². The molecule has 0 nitrogen and oxygen atoms in total. The van der Waals surface area contributed by atoms with Gasteiger partial charge in [-0.05, 0) is 0 Å². The molecule has 0 N–H and O–H groups in total. The average molecular weight is 338 g/mol. The van der Waals surface area contributed by atoms with Gasteiger partial charge in [-0.15, -0.1) is 23.2 Å². The first-order valence-electron chi connectivity index (χ1n) is 1.88. The zero-order valence-electron chi connectivity index (χ0n) is 3.77. The SMILES string of the molecule is ClC1(Cl)[C@@](Cl)(Br)[C@]1(Cl)Br. The highest BCUT2D eigenvalue weighted by molar-refractivity contribution is 9.14. The van der Waals surface area contributed by atoms with E-state index in [9.17, 15) is 0 Å². The molecule has 0 saturated heterocycles. The van der Waals surface area contributed by atoms with E-state index in [1.54, 1.807) is 0 Å². The van der Waals surface area contributed by atoms with Crippen LogP contribution in [-0.2, 0) is 0 Å². The minimum atomic E-state index is -1.15. The number of hydrogen-bond acceptors (Lipinski definition) is 0. The van der Waals surface area contributed by atoms with Crippen LogP contribution in [0.5, 0.6) is 0 Å². The summed E-state index contributed by atoms with van der Waals surface area (Å²) in [6, 6.07) is 0. The first kappa shape index (κ1) is 9.21. The molecule has 0 bridgehead atoms. The third kappa shape index (κ3) is 0.907. The van der Waals surface area contributed by atoms with Crippen molar-refractivity contribution in [3.8, 4) is 0 Å². The van der Waals surface area contributed by atoms with Gasteiger partial charge in [-0.25, -0.2) is 0 Å². The fraction of sp³-hybridized carbons (Fsp3) is 1.00. The molecule has 1 aliphatic carbocycles. The fourth-order valence-corrected chi connectivity index (χ4v) is 3.48. The molecule has 0 aromatic carbocycles. The Hall–Kier alpha value is 2.12. The molecular weight excluding hydrogens is 338 g/mol. The lowest BCUT2D eigenvalue weighted by atomic mass is 10.9. The van der Waals surface area contributed by atoms with Gasteiger partial charge in [-0.2, -0.15) is 0 Å². The summed E-state index contributed by atoms with van der Waals surface area (Å²) in [4.78, 5) is 0. The Morgan fingerprint density at radius 1 is 0.778 bits per heavy atom. The van der Waals surface area contributed by atoms with Crippen LogP contribution in [-0.4, -0.2) is 11.9 Å². The molecule has 0 aromatic heterocycles.